The van der Waals surface area contributed by atoms with Gasteiger partial charge in [0.25, 0.3) is 0 Å². The molecule has 1 heteroatoms. The minimum absolute atomic E-state index is 0.849. The van der Waals surface area contributed by atoms with Gasteiger partial charge in [-0.15, -0.1) is 0 Å². The molecule has 0 aliphatic heterocycles. The molecule has 0 aliphatic carbocycles. The molecule has 1 nitrogen and oxygen atoms in total. The van der Waals surface area contributed by atoms with E-state index in [1.54, 1.807) is 0 Å². The maximum absolute atomic E-state index is 3.24. The van der Waals surface area contributed by atoms with E-state index in [2.05, 4.69) is 26.1 Å². The van der Waals surface area contributed by atoms with Gasteiger partial charge < -0.3 is 5.32 Å². The molecule has 0 aromatic heterocycles. The van der Waals surface area contributed by atoms with Gasteiger partial charge in [-0.25, -0.2) is 0 Å². The van der Waals surface area contributed by atoms with Gasteiger partial charge in [0, 0.05) is 0 Å². The molecule has 1 atom stereocenters. The van der Waals surface area contributed by atoms with Crippen LogP contribution in [0.4, 0.5) is 0 Å². The van der Waals surface area contributed by atoms with Crippen LogP contribution in [0.25, 0.3) is 0 Å². The first-order valence-corrected chi connectivity index (χ1v) is 6.39. The highest BCUT2D eigenvalue weighted by Gasteiger charge is 2.04. The van der Waals surface area contributed by atoms with Crippen LogP contribution in [0.3, 0.4) is 0 Å². The molecule has 0 heterocycles. The second-order valence-corrected chi connectivity index (χ2v) is 4.63. The smallest absolute Gasteiger partial charge is 0.00262 e. The first-order chi connectivity index (χ1) is 6.74. The Labute approximate surface area is 90.7 Å². The van der Waals surface area contributed by atoms with Gasteiger partial charge in [-0.2, -0.15) is 0 Å². The van der Waals surface area contributed by atoms with E-state index in [9.17, 15) is 0 Å². The van der Waals surface area contributed by atoms with Crippen molar-refractivity contribution in [2.75, 3.05) is 13.6 Å². The van der Waals surface area contributed by atoms with Crippen molar-refractivity contribution in [1.29, 1.82) is 0 Å². The van der Waals surface area contributed by atoms with E-state index < -0.39 is 0 Å². The molecule has 0 bridgehead atoms. The highest BCUT2D eigenvalue weighted by atomic mass is 14.8. The van der Waals surface area contributed by atoms with Crippen molar-refractivity contribution < 1.29 is 0 Å². The largest absolute Gasteiger partial charge is 0.319 e. The number of nitrogens with one attached hydrogen (secondary N) is 1. The Morgan fingerprint density at radius 2 is 1.57 bits per heavy atom. The zero-order chi connectivity index (χ0) is 10.8. The minimum Gasteiger partial charge on any atom is -0.319 e. The maximum atomic E-state index is 3.24. The van der Waals surface area contributed by atoms with Crippen LogP contribution in [0.1, 0.15) is 59.3 Å². The second-order valence-electron chi connectivity index (χ2n) is 4.63. The Hall–Kier alpha value is -0.0400. The van der Waals surface area contributed by atoms with Crippen molar-refractivity contribution in [1.82, 2.24) is 5.32 Å². The summed E-state index contributed by atoms with van der Waals surface area (Å²) in [6.07, 6.45) is 8.41. The minimum atomic E-state index is 0.849. The summed E-state index contributed by atoms with van der Waals surface area (Å²) in [6.45, 7) is 8.15. The predicted molar refractivity (Wildman–Crippen MR) is 65.6 cm³/mol. The molecule has 86 valence electrons. The highest BCUT2D eigenvalue weighted by molar-refractivity contribution is 4.58. The fourth-order valence-electron chi connectivity index (χ4n) is 2.07. The van der Waals surface area contributed by atoms with Crippen LogP contribution in [0.15, 0.2) is 0 Å². The molecule has 0 saturated heterocycles. The van der Waals surface area contributed by atoms with Crippen LogP contribution in [0.5, 0.6) is 0 Å². The van der Waals surface area contributed by atoms with Gasteiger partial charge in [0.15, 0.2) is 0 Å². The average molecular weight is 199 g/mol. The Morgan fingerprint density at radius 3 is 2.07 bits per heavy atom. The molecule has 0 fully saturated rings. The molecule has 14 heavy (non-hydrogen) atoms. The van der Waals surface area contributed by atoms with Gasteiger partial charge in [0.2, 0.25) is 0 Å². The fourth-order valence-corrected chi connectivity index (χ4v) is 2.07. The van der Waals surface area contributed by atoms with E-state index in [0.717, 1.165) is 11.8 Å². The average Bonchev–Trinajstić information content (AvgIpc) is 2.19. The molecule has 1 unspecified atom stereocenters. The van der Waals surface area contributed by atoms with E-state index in [-0.39, 0.29) is 0 Å². The Bertz CT molecular complexity index is 108. The zero-order valence-corrected chi connectivity index (χ0v) is 10.6. The van der Waals surface area contributed by atoms with Crippen molar-refractivity contribution in [3.8, 4) is 0 Å². The Balaban J connectivity index is 3.27. The van der Waals surface area contributed by atoms with Gasteiger partial charge in [-0.3, -0.25) is 0 Å². The van der Waals surface area contributed by atoms with Crippen molar-refractivity contribution in [3.05, 3.63) is 0 Å². The number of rotatable bonds is 9. The van der Waals surface area contributed by atoms with E-state index in [1.807, 2.05) is 7.05 Å². The molecule has 0 aliphatic rings. The van der Waals surface area contributed by atoms with Gasteiger partial charge in [-0.1, -0.05) is 52.9 Å². The van der Waals surface area contributed by atoms with Crippen molar-refractivity contribution in [2.45, 2.75) is 59.3 Å². The molecule has 0 amide bonds. The lowest BCUT2D eigenvalue weighted by atomic mass is 9.94. The summed E-state index contributed by atoms with van der Waals surface area (Å²) >= 11 is 0. The number of hydrogen-bond acceptors (Lipinski definition) is 1. The van der Waals surface area contributed by atoms with Crippen LogP contribution in [-0.2, 0) is 0 Å². The SMILES string of the molecule is CCC(CC)CCCCC(C)CNC. The fraction of sp³-hybridized carbons (Fsp3) is 1.00. The lowest BCUT2D eigenvalue weighted by molar-refractivity contribution is 0.407. The quantitative estimate of drug-likeness (QED) is 0.556. The lowest BCUT2D eigenvalue weighted by Crippen LogP contribution is -2.16. The van der Waals surface area contributed by atoms with E-state index in [1.165, 1.54) is 45.1 Å². The first-order valence-electron chi connectivity index (χ1n) is 6.39. The molecular formula is C13H29N. The van der Waals surface area contributed by atoms with Gasteiger partial charge in [0.1, 0.15) is 0 Å². The van der Waals surface area contributed by atoms with E-state index in [4.69, 9.17) is 0 Å². The number of hydrogen-bond donors (Lipinski definition) is 1. The zero-order valence-electron chi connectivity index (χ0n) is 10.6. The normalized spacial score (nSPS) is 13.5. The van der Waals surface area contributed by atoms with Crippen LogP contribution in [0, 0.1) is 11.8 Å². The van der Waals surface area contributed by atoms with E-state index >= 15 is 0 Å². The standard InChI is InChI=1S/C13H29N/c1-5-13(6-2)10-8-7-9-12(3)11-14-4/h12-14H,5-11H2,1-4H3. The number of unbranched alkanes of at least 4 members (excludes halogenated alkanes) is 1. The van der Waals surface area contributed by atoms with Crippen LogP contribution >= 0.6 is 0 Å². The third kappa shape index (κ3) is 7.37. The predicted octanol–water partition coefficient (Wildman–Crippen LogP) is 3.84. The van der Waals surface area contributed by atoms with Crippen LogP contribution < -0.4 is 5.32 Å². The molecule has 0 aromatic rings. The molecule has 0 rings (SSSR count). The van der Waals surface area contributed by atoms with Crippen LogP contribution in [0.2, 0.25) is 0 Å². The summed E-state index contributed by atoms with van der Waals surface area (Å²) in [6, 6.07) is 0. The highest BCUT2D eigenvalue weighted by Crippen LogP contribution is 2.17. The molecule has 0 radical (unpaired) electrons. The summed E-state index contributed by atoms with van der Waals surface area (Å²) in [4.78, 5) is 0. The third-order valence-corrected chi connectivity index (χ3v) is 3.27. The molecular weight excluding hydrogens is 170 g/mol. The molecule has 1 N–H and O–H groups in total. The van der Waals surface area contributed by atoms with Crippen molar-refractivity contribution >= 4 is 0 Å². The van der Waals surface area contributed by atoms with Crippen molar-refractivity contribution in [2.24, 2.45) is 11.8 Å². The van der Waals surface area contributed by atoms with Gasteiger partial charge >= 0.3 is 0 Å². The van der Waals surface area contributed by atoms with Crippen LogP contribution in [-0.4, -0.2) is 13.6 Å². The molecule has 0 saturated carbocycles. The van der Waals surface area contributed by atoms with Gasteiger partial charge in [-0.05, 0) is 31.8 Å². The van der Waals surface area contributed by atoms with Gasteiger partial charge in [0.05, 0.1) is 0 Å². The summed E-state index contributed by atoms with van der Waals surface area (Å²) in [5, 5.41) is 3.24. The molecule has 0 spiro atoms. The topological polar surface area (TPSA) is 12.0 Å². The summed E-state index contributed by atoms with van der Waals surface area (Å²) < 4.78 is 0. The summed E-state index contributed by atoms with van der Waals surface area (Å²) in [5.74, 6) is 1.83. The monoisotopic (exact) mass is 199 g/mol. The maximum Gasteiger partial charge on any atom is -0.00262 e. The molecule has 0 aromatic carbocycles. The van der Waals surface area contributed by atoms with E-state index in [0.29, 0.717) is 0 Å². The Morgan fingerprint density at radius 1 is 1.00 bits per heavy atom. The second kappa shape index (κ2) is 9.51. The lowest BCUT2D eigenvalue weighted by Gasteiger charge is -2.13. The third-order valence-electron chi connectivity index (χ3n) is 3.27. The summed E-state index contributed by atoms with van der Waals surface area (Å²) in [5.41, 5.74) is 0. The summed E-state index contributed by atoms with van der Waals surface area (Å²) in [7, 11) is 2.04. The first kappa shape index (κ1) is 14.0. The Kier molecular flexibility index (Phi) is 9.49. The van der Waals surface area contributed by atoms with Crippen molar-refractivity contribution in [3.63, 3.8) is 0 Å².